The van der Waals surface area contributed by atoms with Crippen molar-refractivity contribution < 1.29 is 4.79 Å². The first-order valence-corrected chi connectivity index (χ1v) is 8.14. The van der Waals surface area contributed by atoms with E-state index in [0.717, 1.165) is 25.9 Å². The highest BCUT2D eigenvalue weighted by Gasteiger charge is 2.24. The number of nitrogens with two attached hydrogens (primary N) is 1. The molecule has 1 atom stereocenters. The number of fused-ring (bicyclic) bond motifs is 1. The maximum Gasteiger partial charge on any atom is 0.350 e. The minimum absolute atomic E-state index is 0.0806. The lowest BCUT2D eigenvalue weighted by atomic mass is 9.91. The van der Waals surface area contributed by atoms with Crippen LogP contribution in [0.5, 0.6) is 0 Å². The van der Waals surface area contributed by atoms with Gasteiger partial charge in [0.25, 0.3) is 0 Å². The summed E-state index contributed by atoms with van der Waals surface area (Å²) < 4.78 is 2.85. The molecule has 1 fully saturated rings. The predicted octanol–water partition coefficient (Wildman–Crippen LogP) is 0.472. The fraction of sp³-hybridized carbons (Fsp3) is 0.562. The summed E-state index contributed by atoms with van der Waals surface area (Å²) in [5.74, 6) is 0.581. The Bertz CT molecular complexity index is 740. The summed E-state index contributed by atoms with van der Waals surface area (Å²) in [6, 6.07) is 5.58. The molecule has 1 unspecified atom stereocenters. The zero-order chi connectivity index (χ0) is 16.4. The van der Waals surface area contributed by atoms with E-state index >= 15 is 0 Å². The number of aromatic nitrogens is 3. The lowest BCUT2D eigenvalue weighted by Gasteiger charge is -2.33. The molecule has 1 aliphatic rings. The van der Waals surface area contributed by atoms with Gasteiger partial charge in [0.15, 0.2) is 5.65 Å². The van der Waals surface area contributed by atoms with Crippen molar-refractivity contribution in [1.29, 1.82) is 0 Å². The monoisotopic (exact) mass is 317 g/mol. The van der Waals surface area contributed by atoms with Gasteiger partial charge in [-0.3, -0.25) is 9.20 Å². The summed E-state index contributed by atoms with van der Waals surface area (Å²) in [5, 5.41) is 4.24. The molecule has 124 valence electrons. The van der Waals surface area contributed by atoms with Crippen molar-refractivity contribution in [3.63, 3.8) is 0 Å². The van der Waals surface area contributed by atoms with Gasteiger partial charge in [-0.2, -0.15) is 0 Å². The first kappa shape index (κ1) is 15.7. The summed E-state index contributed by atoms with van der Waals surface area (Å²) in [6.07, 6.45) is 3.89. The number of aryl methyl sites for hydroxylation is 1. The Hall–Kier alpha value is -2.15. The lowest BCUT2D eigenvalue weighted by molar-refractivity contribution is -0.133. The van der Waals surface area contributed by atoms with E-state index in [2.05, 4.69) is 5.10 Å². The molecule has 0 spiro atoms. The zero-order valence-electron chi connectivity index (χ0n) is 13.4. The minimum Gasteiger partial charge on any atom is -0.343 e. The first-order valence-electron chi connectivity index (χ1n) is 8.14. The molecule has 2 aromatic heterocycles. The second-order valence-corrected chi connectivity index (χ2v) is 6.26. The molecule has 0 radical (unpaired) electrons. The van der Waals surface area contributed by atoms with Crippen molar-refractivity contribution in [3.8, 4) is 0 Å². The molecule has 1 saturated heterocycles. The van der Waals surface area contributed by atoms with E-state index in [-0.39, 0.29) is 17.6 Å². The van der Waals surface area contributed by atoms with Gasteiger partial charge in [-0.05, 0) is 37.8 Å². The van der Waals surface area contributed by atoms with E-state index in [9.17, 15) is 9.59 Å². The number of rotatable bonds is 4. The number of amides is 1. The number of carbonyl (C=O) groups excluding carboxylic acids is 1. The summed E-state index contributed by atoms with van der Waals surface area (Å²) in [7, 11) is 0. The lowest BCUT2D eigenvalue weighted by Crippen LogP contribution is -2.43. The number of hydrogen-bond donors (Lipinski definition) is 1. The number of hydrogen-bond acceptors (Lipinski definition) is 4. The highest BCUT2D eigenvalue weighted by Crippen LogP contribution is 2.20. The molecule has 3 heterocycles. The summed E-state index contributed by atoms with van der Waals surface area (Å²) in [4.78, 5) is 26.4. The van der Waals surface area contributed by atoms with Crippen molar-refractivity contribution >= 4 is 11.6 Å². The molecule has 2 N–H and O–H groups in total. The Balaban J connectivity index is 1.59. The molecule has 23 heavy (non-hydrogen) atoms. The highest BCUT2D eigenvalue weighted by atomic mass is 16.2. The van der Waals surface area contributed by atoms with Crippen LogP contribution in [0.25, 0.3) is 5.65 Å². The van der Waals surface area contributed by atoms with E-state index in [1.54, 1.807) is 18.3 Å². The van der Waals surface area contributed by atoms with Gasteiger partial charge in [0.1, 0.15) is 0 Å². The second kappa shape index (κ2) is 6.54. The molecule has 1 amide bonds. The van der Waals surface area contributed by atoms with Gasteiger partial charge in [-0.1, -0.05) is 6.07 Å². The van der Waals surface area contributed by atoms with Gasteiger partial charge < -0.3 is 10.6 Å². The minimum atomic E-state index is -0.205. The van der Waals surface area contributed by atoms with Crippen molar-refractivity contribution in [3.05, 3.63) is 34.9 Å². The maximum absolute atomic E-state index is 12.3. The zero-order valence-corrected chi connectivity index (χ0v) is 13.4. The first-order chi connectivity index (χ1) is 11.1. The van der Waals surface area contributed by atoms with Crippen LogP contribution in [0.1, 0.15) is 26.2 Å². The highest BCUT2D eigenvalue weighted by molar-refractivity contribution is 5.76. The molecular weight excluding hydrogens is 294 g/mol. The smallest absolute Gasteiger partial charge is 0.343 e. The van der Waals surface area contributed by atoms with Crippen LogP contribution in [0.3, 0.4) is 0 Å². The summed E-state index contributed by atoms with van der Waals surface area (Å²) in [5.41, 5.74) is 6.32. The van der Waals surface area contributed by atoms with Crippen LogP contribution < -0.4 is 11.4 Å². The number of likely N-dealkylation sites (tertiary alicyclic amines) is 1. The predicted molar refractivity (Wildman–Crippen MR) is 87.0 cm³/mol. The third-order valence-corrected chi connectivity index (χ3v) is 4.66. The van der Waals surface area contributed by atoms with Crippen molar-refractivity contribution in [2.75, 3.05) is 13.1 Å². The molecule has 0 saturated carbocycles. The molecule has 2 aromatic rings. The van der Waals surface area contributed by atoms with Crippen LogP contribution >= 0.6 is 0 Å². The second-order valence-electron chi connectivity index (χ2n) is 6.26. The molecule has 0 aromatic carbocycles. The van der Waals surface area contributed by atoms with E-state index in [4.69, 9.17) is 5.73 Å². The van der Waals surface area contributed by atoms with Gasteiger partial charge in [0, 0.05) is 31.7 Å². The van der Waals surface area contributed by atoms with E-state index in [1.165, 1.54) is 9.08 Å². The van der Waals surface area contributed by atoms with Crippen LogP contribution in [-0.4, -0.2) is 44.1 Å². The largest absolute Gasteiger partial charge is 0.350 e. The van der Waals surface area contributed by atoms with Gasteiger partial charge in [0.05, 0.1) is 6.54 Å². The molecular formula is C16H23N5O2. The molecule has 0 aliphatic carbocycles. The molecule has 7 heteroatoms. The molecule has 3 rings (SSSR count). The Kier molecular flexibility index (Phi) is 4.47. The molecule has 1 aliphatic heterocycles. The van der Waals surface area contributed by atoms with Gasteiger partial charge >= 0.3 is 5.69 Å². The van der Waals surface area contributed by atoms with Crippen LogP contribution in [-0.2, 0) is 11.3 Å². The van der Waals surface area contributed by atoms with Crippen LogP contribution in [0.2, 0.25) is 0 Å². The summed E-state index contributed by atoms with van der Waals surface area (Å²) in [6.45, 7) is 3.85. The number of carbonyl (C=O) groups is 1. The third-order valence-electron chi connectivity index (χ3n) is 4.66. The fourth-order valence-corrected chi connectivity index (χ4v) is 3.15. The molecule has 0 bridgehead atoms. The van der Waals surface area contributed by atoms with Crippen LogP contribution in [0, 0.1) is 5.92 Å². The Morgan fingerprint density at radius 3 is 2.78 bits per heavy atom. The standard InChI is InChI=1S/C16H23N5O2/c1-12(17)13-5-9-19(10-6-13)15(22)7-11-21-16(23)20-8-3-2-4-14(20)18-21/h2-4,8,12-13H,5-7,9-11,17H2,1H3. The van der Waals surface area contributed by atoms with Crippen molar-refractivity contribution in [2.45, 2.75) is 38.8 Å². The van der Waals surface area contributed by atoms with E-state index < -0.39 is 0 Å². The van der Waals surface area contributed by atoms with Crippen molar-refractivity contribution in [1.82, 2.24) is 19.1 Å². The van der Waals surface area contributed by atoms with Crippen LogP contribution in [0.15, 0.2) is 29.2 Å². The molecule has 7 nitrogen and oxygen atoms in total. The quantitative estimate of drug-likeness (QED) is 0.888. The van der Waals surface area contributed by atoms with Gasteiger partial charge in [0.2, 0.25) is 5.91 Å². The van der Waals surface area contributed by atoms with Crippen LogP contribution in [0.4, 0.5) is 0 Å². The summed E-state index contributed by atoms with van der Waals surface area (Å²) >= 11 is 0. The maximum atomic E-state index is 12.3. The van der Waals surface area contributed by atoms with Gasteiger partial charge in [-0.15, -0.1) is 5.10 Å². The van der Waals surface area contributed by atoms with E-state index in [1.807, 2.05) is 17.9 Å². The fourth-order valence-electron chi connectivity index (χ4n) is 3.15. The Morgan fingerprint density at radius 2 is 2.13 bits per heavy atom. The Labute approximate surface area is 134 Å². The van der Waals surface area contributed by atoms with Gasteiger partial charge in [-0.25, -0.2) is 9.48 Å². The Morgan fingerprint density at radius 1 is 1.39 bits per heavy atom. The number of pyridine rings is 1. The topological polar surface area (TPSA) is 85.6 Å². The normalized spacial score (nSPS) is 17.6. The van der Waals surface area contributed by atoms with E-state index in [0.29, 0.717) is 24.5 Å². The SMILES string of the molecule is CC(N)C1CCN(C(=O)CCn2nc3ccccn3c2=O)CC1. The van der Waals surface area contributed by atoms with Crippen molar-refractivity contribution in [2.24, 2.45) is 11.7 Å². The number of piperidine rings is 1. The number of nitrogens with zero attached hydrogens (tertiary/aromatic N) is 4. The average molecular weight is 317 g/mol. The third kappa shape index (κ3) is 3.29. The average Bonchev–Trinajstić information content (AvgIpc) is 2.89.